The van der Waals surface area contributed by atoms with Gasteiger partial charge >= 0.3 is 17.9 Å². The van der Waals surface area contributed by atoms with Gasteiger partial charge in [0.05, 0.1) is 21.3 Å². The van der Waals surface area contributed by atoms with Crippen molar-refractivity contribution in [2.45, 2.75) is 37.4 Å². The van der Waals surface area contributed by atoms with Crippen molar-refractivity contribution in [2.75, 3.05) is 21.3 Å². The number of benzene rings is 3. The summed E-state index contributed by atoms with van der Waals surface area (Å²) in [5.41, 5.74) is 1.34. The summed E-state index contributed by atoms with van der Waals surface area (Å²) in [6.45, 7) is 3.54. The lowest BCUT2D eigenvalue weighted by Crippen LogP contribution is -2.41. The monoisotopic (exact) mass is 671 g/mol. The summed E-state index contributed by atoms with van der Waals surface area (Å²) in [6.07, 6.45) is 5.46. The molecule has 0 bridgehead atoms. The van der Waals surface area contributed by atoms with E-state index in [0.29, 0.717) is 23.1 Å². The number of carbonyl (C=O) groups is 6. The molecule has 3 amide bonds. The quantitative estimate of drug-likeness (QED) is 0.124. The molecule has 0 spiro atoms. The van der Waals surface area contributed by atoms with Crippen LogP contribution in [0.25, 0.3) is 0 Å². The van der Waals surface area contributed by atoms with Gasteiger partial charge in [-0.25, -0.2) is 14.4 Å². The van der Waals surface area contributed by atoms with Crippen LogP contribution in [-0.4, -0.2) is 75.1 Å². The van der Waals surface area contributed by atoms with Crippen LogP contribution >= 0.6 is 0 Å². The summed E-state index contributed by atoms with van der Waals surface area (Å²) in [6, 6.07) is 23.2. The second-order valence-electron chi connectivity index (χ2n) is 10.2. The Morgan fingerprint density at radius 3 is 1.02 bits per heavy atom. The Labute approximate surface area is 285 Å². The minimum atomic E-state index is -0.903. The first-order chi connectivity index (χ1) is 23.6. The van der Waals surface area contributed by atoms with Crippen LogP contribution in [0, 0.1) is 0 Å². The Morgan fingerprint density at radius 2 is 0.776 bits per heavy atom. The van der Waals surface area contributed by atoms with Crippen molar-refractivity contribution in [3.05, 3.63) is 132 Å². The maximum absolute atomic E-state index is 12.3. The van der Waals surface area contributed by atoms with Crippen LogP contribution in [0.1, 0.15) is 50.3 Å². The lowest BCUT2D eigenvalue weighted by Gasteiger charge is -2.16. The fourth-order valence-electron chi connectivity index (χ4n) is 4.19. The van der Waals surface area contributed by atoms with Gasteiger partial charge in [-0.05, 0) is 55.7 Å². The fraction of sp³-hybridized carbons (Fsp3) is 0.243. The van der Waals surface area contributed by atoms with Gasteiger partial charge in [-0.2, -0.15) is 0 Å². The zero-order chi connectivity index (χ0) is 36.0. The van der Waals surface area contributed by atoms with Gasteiger partial charge in [0.25, 0.3) is 17.7 Å². The third kappa shape index (κ3) is 13.7. The van der Waals surface area contributed by atoms with Crippen LogP contribution in [-0.2, 0) is 28.6 Å². The molecule has 0 aliphatic heterocycles. The molecule has 3 N–H and O–H groups in total. The van der Waals surface area contributed by atoms with Crippen LogP contribution in [0.5, 0.6) is 0 Å². The van der Waals surface area contributed by atoms with Crippen LogP contribution in [0.15, 0.2) is 116 Å². The number of carbonyl (C=O) groups excluding carboxylic acids is 6. The Morgan fingerprint density at radius 1 is 0.510 bits per heavy atom. The van der Waals surface area contributed by atoms with E-state index >= 15 is 0 Å². The molecule has 0 aliphatic carbocycles. The predicted octanol–water partition coefficient (Wildman–Crippen LogP) is 3.80. The molecule has 3 rings (SSSR count). The zero-order valence-corrected chi connectivity index (χ0v) is 27.6. The highest BCUT2D eigenvalue weighted by Gasteiger charge is 2.23. The van der Waals surface area contributed by atoms with E-state index in [1.807, 2.05) is 6.07 Å². The van der Waals surface area contributed by atoms with Crippen LogP contribution in [0.3, 0.4) is 0 Å². The molecule has 0 fully saturated rings. The van der Waals surface area contributed by atoms with Gasteiger partial charge in [-0.1, -0.05) is 72.8 Å². The largest absolute Gasteiger partial charge is 0.467 e. The van der Waals surface area contributed by atoms with Crippen LogP contribution in [0.4, 0.5) is 0 Å². The van der Waals surface area contributed by atoms with E-state index in [2.05, 4.69) is 27.3 Å². The van der Waals surface area contributed by atoms with Crippen molar-refractivity contribution in [3.8, 4) is 0 Å². The minimum absolute atomic E-state index is 0.145. The van der Waals surface area contributed by atoms with Gasteiger partial charge in [0.2, 0.25) is 0 Å². The molecule has 12 nitrogen and oxygen atoms in total. The summed E-state index contributed by atoms with van der Waals surface area (Å²) in [5, 5.41) is 7.87. The molecule has 0 saturated heterocycles. The van der Waals surface area contributed by atoms with E-state index < -0.39 is 47.8 Å². The maximum Gasteiger partial charge on any atom is 0.328 e. The molecule has 0 saturated carbocycles. The fourth-order valence-corrected chi connectivity index (χ4v) is 4.19. The SMILES string of the molecule is C=CC[C@H](NC(=O)c1ccccc1)C(=O)OC.COC(=O)[C@H](CC=CC[C@H](NC(=O)c1ccccc1)C(=O)OC)NC(=O)c1ccccc1. The third-order valence-electron chi connectivity index (χ3n) is 6.79. The lowest BCUT2D eigenvalue weighted by molar-refractivity contribution is -0.143. The van der Waals surface area contributed by atoms with Gasteiger partial charge in [-0.15, -0.1) is 6.58 Å². The van der Waals surface area contributed by atoms with E-state index in [1.165, 1.54) is 21.3 Å². The molecule has 12 heteroatoms. The van der Waals surface area contributed by atoms with Crippen molar-refractivity contribution in [1.82, 2.24) is 16.0 Å². The Bertz CT molecular complexity index is 1480. The molecule has 3 atom stereocenters. The number of amides is 3. The van der Waals surface area contributed by atoms with Crippen molar-refractivity contribution in [3.63, 3.8) is 0 Å². The molecule has 0 heterocycles. The van der Waals surface area contributed by atoms with Crippen molar-refractivity contribution >= 4 is 35.6 Å². The molecule has 0 aliphatic rings. The highest BCUT2D eigenvalue weighted by Crippen LogP contribution is 2.07. The molecular weight excluding hydrogens is 630 g/mol. The summed E-state index contributed by atoms with van der Waals surface area (Å²) >= 11 is 0. The van der Waals surface area contributed by atoms with Crippen LogP contribution < -0.4 is 16.0 Å². The second-order valence-corrected chi connectivity index (χ2v) is 10.2. The molecule has 49 heavy (non-hydrogen) atoms. The Hall–Kier alpha value is -6.04. The molecule has 258 valence electrons. The highest BCUT2D eigenvalue weighted by atomic mass is 16.5. The molecule has 0 unspecified atom stereocenters. The predicted molar refractivity (Wildman–Crippen MR) is 182 cm³/mol. The number of methoxy groups -OCH3 is 3. The normalized spacial score (nSPS) is 12.1. The third-order valence-corrected chi connectivity index (χ3v) is 6.79. The maximum atomic E-state index is 12.3. The van der Waals surface area contributed by atoms with E-state index in [-0.39, 0.29) is 18.7 Å². The first-order valence-corrected chi connectivity index (χ1v) is 15.2. The number of esters is 3. The van der Waals surface area contributed by atoms with Gasteiger partial charge in [-0.3, -0.25) is 14.4 Å². The average molecular weight is 672 g/mol. The summed E-state index contributed by atoms with van der Waals surface area (Å²) in [5.74, 6) is -2.78. The summed E-state index contributed by atoms with van der Waals surface area (Å²) < 4.78 is 14.1. The number of hydrogen-bond acceptors (Lipinski definition) is 9. The number of nitrogens with one attached hydrogen (secondary N) is 3. The summed E-state index contributed by atoms with van der Waals surface area (Å²) in [7, 11) is 3.76. The molecule has 0 aromatic heterocycles. The van der Waals surface area contributed by atoms with E-state index in [0.717, 1.165) is 0 Å². The first kappa shape index (κ1) is 39.1. The minimum Gasteiger partial charge on any atom is -0.467 e. The molecule has 3 aromatic rings. The topological polar surface area (TPSA) is 166 Å². The zero-order valence-electron chi connectivity index (χ0n) is 27.6. The standard InChI is InChI=1S/C24H26N2O6.C13H15NO3/c1-31-23(29)19(25-21(27)17-11-5-3-6-12-17)15-9-10-16-20(24(30)32-2)26-22(28)18-13-7-4-8-14-18;1-3-7-11(13(16)17-2)14-12(15)10-8-5-4-6-9-10/h3-14,19-20H,15-16H2,1-2H3,(H,25,27)(H,26,28);3-6,8-9,11H,1,7H2,2H3,(H,14,15)/t19-,20-;11-/m00/s1. The number of rotatable bonds is 15. The second kappa shape index (κ2) is 21.7. The van der Waals surface area contributed by atoms with Crippen molar-refractivity contribution in [1.29, 1.82) is 0 Å². The van der Waals surface area contributed by atoms with E-state index in [1.54, 1.807) is 103 Å². The van der Waals surface area contributed by atoms with E-state index in [4.69, 9.17) is 9.47 Å². The number of ether oxygens (including phenoxy) is 3. The van der Waals surface area contributed by atoms with E-state index in [9.17, 15) is 28.8 Å². The smallest absolute Gasteiger partial charge is 0.328 e. The molecular formula is C37H41N3O9. The van der Waals surface area contributed by atoms with Crippen molar-refractivity contribution in [2.24, 2.45) is 0 Å². The number of hydrogen-bond donors (Lipinski definition) is 3. The molecule has 0 radical (unpaired) electrons. The van der Waals surface area contributed by atoms with Gasteiger partial charge in [0, 0.05) is 16.7 Å². The van der Waals surface area contributed by atoms with Gasteiger partial charge < -0.3 is 30.2 Å². The summed E-state index contributed by atoms with van der Waals surface area (Å²) in [4.78, 5) is 72.0. The van der Waals surface area contributed by atoms with Crippen LogP contribution in [0.2, 0.25) is 0 Å². The Kier molecular flexibility index (Phi) is 17.3. The average Bonchev–Trinajstić information content (AvgIpc) is 3.15. The Balaban J connectivity index is 0.000000412. The lowest BCUT2D eigenvalue weighted by atomic mass is 10.1. The van der Waals surface area contributed by atoms with Crippen molar-refractivity contribution < 1.29 is 43.0 Å². The first-order valence-electron chi connectivity index (χ1n) is 15.2. The van der Waals surface area contributed by atoms with Gasteiger partial charge in [0.15, 0.2) is 0 Å². The molecule has 3 aromatic carbocycles. The van der Waals surface area contributed by atoms with Gasteiger partial charge in [0.1, 0.15) is 18.1 Å². The highest BCUT2D eigenvalue weighted by molar-refractivity contribution is 5.98.